The van der Waals surface area contributed by atoms with Crippen molar-refractivity contribution in [3.05, 3.63) is 0 Å². The van der Waals surface area contributed by atoms with Gasteiger partial charge in [0.2, 0.25) is 0 Å². The van der Waals surface area contributed by atoms with Crippen LogP contribution in [0.1, 0.15) is 59.3 Å². The highest BCUT2D eigenvalue weighted by Gasteiger charge is 2.23. The summed E-state index contributed by atoms with van der Waals surface area (Å²) in [6.45, 7) is 8.59. The summed E-state index contributed by atoms with van der Waals surface area (Å²) < 4.78 is 4.78. The summed E-state index contributed by atoms with van der Waals surface area (Å²) in [5.41, 5.74) is 10.6. The molecule has 0 fully saturated rings. The molecule has 5 nitrogen and oxygen atoms in total. The Hall–Kier alpha value is -0.650. The maximum absolute atomic E-state index is 11.5. The van der Waals surface area contributed by atoms with Crippen LogP contribution in [0.25, 0.3) is 0 Å². The molecule has 0 aliphatic heterocycles. The molecule has 0 amide bonds. The van der Waals surface area contributed by atoms with Gasteiger partial charge in [0, 0.05) is 6.04 Å². The van der Waals surface area contributed by atoms with Gasteiger partial charge in [-0.25, -0.2) is 0 Å². The topological polar surface area (TPSA) is 90.4 Å². The fraction of sp³-hybridized carbons (Fsp3) is 0.938. The first kappa shape index (κ1) is 22.6. The molecule has 0 spiro atoms. The predicted molar refractivity (Wildman–Crippen MR) is 90.1 cm³/mol. The first-order valence-electron chi connectivity index (χ1n) is 8.30. The quantitative estimate of drug-likeness (QED) is 0.401. The Labute approximate surface area is 131 Å². The molecule has 0 rings (SSSR count). The molecule has 0 aromatic carbocycles. The van der Waals surface area contributed by atoms with Crippen molar-refractivity contribution in [1.29, 1.82) is 0 Å². The van der Waals surface area contributed by atoms with Crippen molar-refractivity contribution in [2.24, 2.45) is 17.4 Å². The molecule has 128 valence electrons. The molecular formula is C16H37N3O2. The second-order valence-electron chi connectivity index (χ2n) is 5.30. The van der Waals surface area contributed by atoms with Gasteiger partial charge in [0.05, 0.1) is 13.0 Å². The van der Waals surface area contributed by atoms with Crippen LogP contribution in [0.5, 0.6) is 0 Å². The lowest BCUT2D eigenvalue weighted by molar-refractivity contribution is -0.145. The highest BCUT2D eigenvalue weighted by Crippen LogP contribution is 2.12. The van der Waals surface area contributed by atoms with Crippen LogP contribution in [0.15, 0.2) is 0 Å². The van der Waals surface area contributed by atoms with Crippen LogP contribution in [0.4, 0.5) is 0 Å². The number of nitrogens with one attached hydrogen (secondary N) is 1. The first-order chi connectivity index (χ1) is 10.1. The summed E-state index contributed by atoms with van der Waals surface area (Å²) in [7, 11) is 1.44. The minimum atomic E-state index is -0.138. The van der Waals surface area contributed by atoms with Gasteiger partial charge in [0.25, 0.3) is 0 Å². The number of nitrogens with two attached hydrogens (primary N) is 2. The third-order valence-corrected chi connectivity index (χ3v) is 3.39. The number of ether oxygens (including phenoxy) is 1. The van der Waals surface area contributed by atoms with E-state index >= 15 is 0 Å². The zero-order valence-electron chi connectivity index (χ0n) is 14.5. The lowest BCUT2D eigenvalue weighted by atomic mass is 9.96. The van der Waals surface area contributed by atoms with Crippen LogP contribution < -0.4 is 16.8 Å². The largest absolute Gasteiger partial charge is 0.469 e. The van der Waals surface area contributed by atoms with Gasteiger partial charge < -0.3 is 21.5 Å². The van der Waals surface area contributed by atoms with Crippen molar-refractivity contribution in [2.45, 2.75) is 65.3 Å². The highest BCUT2D eigenvalue weighted by atomic mass is 16.5. The van der Waals surface area contributed by atoms with Crippen LogP contribution in [-0.4, -0.2) is 38.8 Å². The lowest BCUT2D eigenvalue weighted by Gasteiger charge is -2.23. The Kier molecular flexibility index (Phi) is 18.8. The van der Waals surface area contributed by atoms with Gasteiger partial charge in [0.15, 0.2) is 0 Å². The molecule has 0 aliphatic carbocycles. The van der Waals surface area contributed by atoms with Gasteiger partial charge in [-0.15, -0.1) is 0 Å². The van der Waals surface area contributed by atoms with Crippen molar-refractivity contribution < 1.29 is 9.53 Å². The Morgan fingerprint density at radius 1 is 1.10 bits per heavy atom. The van der Waals surface area contributed by atoms with Crippen LogP contribution in [0.3, 0.4) is 0 Å². The van der Waals surface area contributed by atoms with E-state index < -0.39 is 0 Å². The zero-order chi connectivity index (χ0) is 16.5. The summed E-state index contributed by atoms with van der Waals surface area (Å²) in [6.07, 6.45) is 6.61. The van der Waals surface area contributed by atoms with Crippen molar-refractivity contribution >= 4 is 5.97 Å². The summed E-state index contributed by atoms with van der Waals surface area (Å²) in [5.74, 6) is -0.226. The molecule has 0 radical (unpaired) electrons. The van der Waals surface area contributed by atoms with Gasteiger partial charge in [-0.3, -0.25) is 4.79 Å². The summed E-state index contributed by atoms with van der Waals surface area (Å²) in [4.78, 5) is 11.5. The van der Waals surface area contributed by atoms with Gasteiger partial charge in [-0.2, -0.15) is 0 Å². The number of methoxy groups -OCH3 is 1. The molecule has 0 bridgehead atoms. The van der Waals surface area contributed by atoms with E-state index in [0.717, 1.165) is 38.8 Å². The van der Waals surface area contributed by atoms with Crippen LogP contribution in [0, 0.1) is 5.92 Å². The molecule has 5 N–H and O–H groups in total. The Balaban J connectivity index is 0. The fourth-order valence-electron chi connectivity index (χ4n) is 1.90. The van der Waals surface area contributed by atoms with Crippen molar-refractivity contribution in [2.75, 3.05) is 26.7 Å². The molecule has 0 heterocycles. The van der Waals surface area contributed by atoms with Gasteiger partial charge >= 0.3 is 5.97 Å². The number of hydrogen-bond donors (Lipinski definition) is 3. The van der Waals surface area contributed by atoms with E-state index in [4.69, 9.17) is 16.2 Å². The normalized spacial score (nSPS) is 13.0. The average Bonchev–Trinajstić information content (AvgIpc) is 2.50. The smallest absolute Gasteiger partial charge is 0.309 e. The maximum atomic E-state index is 11.5. The molecule has 0 aliphatic rings. The molecule has 21 heavy (non-hydrogen) atoms. The molecule has 0 aromatic heterocycles. The number of carbonyl (C=O) groups excluding carboxylic acids is 1. The van der Waals surface area contributed by atoms with E-state index in [0.29, 0.717) is 6.54 Å². The molecule has 0 saturated carbocycles. The van der Waals surface area contributed by atoms with E-state index in [1.807, 2.05) is 6.92 Å². The molecule has 5 heteroatoms. The summed E-state index contributed by atoms with van der Waals surface area (Å²) >= 11 is 0. The maximum Gasteiger partial charge on any atom is 0.309 e. The van der Waals surface area contributed by atoms with E-state index in [1.54, 1.807) is 0 Å². The SMILES string of the molecule is CCCCC(NCCCN)C(C)C(=O)OC.CCCCN. The molecule has 2 atom stereocenters. The van der Waals surface area contributed by atoms with Crippen molar-refractivity contribution in [3.63, 3.8) is 0 Å². The van der Waals surface area contributed by atoms with Gasteiger partial charge in [-0.1, -0.05) is 40.0 Å². The minimum Gasteiger partial charge on any atom is -0.469 e. The zero-order valence-corrected chi connectivity index (χ0v) is 14.5. The number of carbonyl (C=O) groups is 1. The Morgan fingerprint density at radius 3 is 2.05 bits per heavy atom. The number of esters is 1. The first-order valence-corrected chi connectivity index (χ1v) is 8.30. The highest BCUT2D eigenvalue weighted by molar-refractivity contribution is 5.72. The van der Waals surface area contributed by atoms with E-state index in [2.05, 4.69) is 19.2 Å². The third kappa shape index (κ3) is 14.1. The van der Waals surface area contributed by atoms with Gasteiger partial charge in [-0.05, 0) is 38.9 Å². The molecular weight excluding hydrogens is 266 g/mol. The van der Waals surface area contributed by atoms with Crippen LogP contribution in [-0.2, 0) is 9.53 Å². The molecule has 0 aromatic rings. The minimum absolute atomic E-state index is 0.0886. The second-order valence-corrected chi connectivity index (χ2v) is 5.30. The molecule has 0 saturated heterocycles. The number of rotatable bonds is 11. The van der Waals surface area contributed by atoms with Crippen molar-refractivity contribution in [3.8, 4) is 0 Å². The predicted octanol–water partition coefficient (Wildman–Crippen LogP) is 2.04. The lowest BCUT2D eigenvalue weighted by Crippen LogP contribution is -2.40. The van der Waals surface area contributed by atoms with E-state index in [-0.39, 0.29) is 17.9 Å². The van der Waals surface area contributed by atoms with Gasteiger partial charge in [0.1, 0.15) is 0 Å². The number of unbranched alkanes of at least 4 members (excludes halogenated alkanes) is 2. The van der Waals surface area contributed by atoms with Crippen molar-refractivity contribution in [1.82, 2.24) is 5.32 Å². The second kappa shape index (κ2) is 17.4. The standard InChI is InChI=1S/C12H26N2O2.C4H11N/c1-4-5-7-11(14-9-6-8-13)10(2)12(15)16-3;1-2-3-4-5/h10-11,14H,4-9,13H2,1-3H3;2-5H2,1H3. The number of hydrogen-bond acceptors (Lipinski definition) is 5. The summed E-state index contributed by atoms with van der Waals surface area (Å²) in [5, 5.41) is 3.39. The van der Waals surface area contributed by atoms with E-state index in [9.17, 15) is 4.79 Å². The van der Waals surface area contributed by atoms with E-state index in [1.165, 1.54) is 20.0 Å². The summed E-state index contributed by atoms with van der Waals surface area (Å²) in [6, 6.07) is 0.207. The monoisotopic (exact) mass is 303 g/mol. The third-order valence-electron chi connectivity index (χ3n) is 3.39. The Morgan fingerprint density at radius 2 is 1.67 bits per heavy atom. The Bertz CT molecular complexity index is 224. The van der Waals surface area contributed by atoms with Crippen LogP contribution in [0.2, 0.25) is 0 Å². The van der Waals surface area contributed by atoms with Crippen LogP contribution >= 0.6 is 0 Å². The fourth-order valence-corrected chi connectivity index (χ4v) is 1.90. The average molecular weight is 303 g/mol. The molecule has 2 unspecified atom stereocenters.